The van der Waals surface area contributed by atoms with Crippen LogP contribution in [0.3, 0.4) is 0 Å². The summed E-state index contributed by atoms with van der Waals surface area (Å²) in [6, 6.07) is 17.2. The molecule has 5 heteroatoms. The van der Waals surface area contributed by atoms with Crippen molar-refractivity contribution in [2.24, 2.45) is 5.10 Å². The van der Waals surface area contributed by atoms with Crippen LogP contribution >= 0.6 is 15.9 Å². The second-order valence-corrected chi connectivity index (χ2v) is 4.89. The van der Waals surface area contributed by atoms with Gasteiger partial charge in [0, 0.05) is 15.7 Å². The highest BCUT2D eigenvalue weighted by atomic mass is 79.9. The van der Waals surface area contributed by atoms with E-state index in [0.29, 0.717) is 0 Å². The third kappa shape index (κ3) is 4.51. The topological polar surface area (TPSA) is 53.5 Å². The van der Waals surface area contributed by atoms with E-state index in [4.69, 9.17) is 0 Å². The maximum absolute atomic E-state index is 11.6. The molecule has 0 aliphatic carbocycles. The Hall–Kier alpha value is -2.14. The molecule has 2 aromatic rings. The average Bonchev–Trinajstić information content (AvgIpc) is 2.48. The van der Waals surface area contributed by atoms with E-state index in [1.54, 1.807) is 6.21 Å². The number of amides is 1. The van der Waals surface area contributed by atoms with Gasteiger partial charge in [0.2, 0.25) is 0 Å². The number of para-hydroxylation sites is 1. The fourth-order valence-electron chi connectivity index (χ4n) is 1.53. The van der Waals surface area contributed by atoms with Crippen molar-refractivity contribution in [2.45, 2.75) is 0 Å². The summed E-state index contributed by atoms with van der Waals surface area (Å²) >= 11 is 3.41. The SMILES string of the molecule is O=C(CNc1ccccc1)N/N=C\c1ccccc1Br. The molecular formula is C15H14BrN3O. The van der Waals surface area contributed by atoms with Gasteiger partial charge < -0.3 is 5.32 Å². The van der Waals surface area contributed by atoms with Crippen molar-refractivity contribution in [3.05, 3.63) is 64.6 Å². The van der Waals surface area contributed by atoms with E-state index in [9.17, 15) is 4.79 Å². The van der Waals surface area contributed by atoms with Gasteiger partial charge in [-0.3, -0.25) is 4.79 Å². The van der Waals surface area contributed by atoms with Crippen molar-refractivity contribution in [2.75, 3.05) is 11.9 Å². The normalized spacial score (nSPS) is 10.4. The van der Waals surface area contributed by atoms with Gasteiger partial charge in [0.05, 0.1) is 12.8 Å². The zero-order valence-corrected chi connectivity index (χ0v) is 12.3. The Morgan fingerprint density at radius 2 is 1.80 bits per heavy atom. The average molecular weight is 332 g/mol. The standard InChI is InChI=1S/C15H14BrN3O/c16-14-9-5-4-6-12(14)10-18-19-15(20)11-17-13-7-2-1-3-8-13/h1-10,17H,11H2,(H,19,20)/b18-10-. The molecule has 0 heterocycles. The minimum Gasteiger partial charge on any atom is -0.376 e. The minimum absolute atomic E-state index is 0.178. The van der Waals surface area contributed by atoms with E-state index < -0.39 is 0 Å². The summed E-state index contributed by atoms with van der Waals surface area (Å²) < 4.78 is 0.931. The largest absolute Gasteiger partial charge is 0.376 e. The highest BCUT2D eigenvalue weighted by Crippen LogP contribution is 2.13. The summed E-state index contributed by atoms with van der Waals surface area (Å²) in [5.74, 6) is -0.197. The quantitative estimate of drug-likeness (QED) is 0.653. The molecule has 2 N–H and O–H groups in total. The maximum atomic E-state index is 11.6. The predicted octanol–water partition coefficient (Wildman–Crippen LogP) is 3.01. The lowest BCUT2D eigenvalue weighted by molar-refractivity contribution is -0.119. The van der Waals surface area contributed by atoms with Crippen LogP contribution in [0, 0.1) is 0 Å². The Balaban J connectivity index is 1.79. The van der Waals surface area contributed by atoms with Crippen LogP contribution in [0.5, 0.6) is 0 Å². The number of anilines is 1. The van der Waals surface area contributed by atoms with Crippen LogP contribution in [0.25, 0.3) is 0 Å². The number of nitrogens with one attached hydrogen (secondary N) is 2. The van der Waals surface area contributed by atoms with E-state index in [0.717, 1.165) is 15.7 Å². The highest BCUT2D eigenvalue weighted by molar-refractivity contribution is 9.10. The zero-order chi connectivity index (χ0) is 14.2. The molecule has 0 aliphatic heterocycles. The number of benzene rings is 2. The van der Waals surface area contributed by atoms with Crippen LogP contribution in [-0.2, 0) is 4.79 Å². The number of rotatable bonds is 5. The van der Waals surface area contributed by atoms with Gasteiger partial charge in [-0.2, -0.15) is 5.10 Å². The van der Waals surface area contributed by atoms with E-state index >= 15 is 0 Å². The van der Waals surface area contributed by atoms with Crippen molar-refractivity contribution in [1.29, 1.82) is 0 Å². The van der Waals surface area contributed by atoms with Gasteiger partial charge in [-0.25, -0.2) is 5.43 Å². The molecule has 0 radical (unpaired) electrons. The lowest BCUT2D eigenvalue weighted by Crippen LogP contribution is -2.25. The molecular weight excluding hydrogens is 318 g/mol. The lowest BCUT2D eigenvalue weighted by atomic mass is 10.2. The Morgan fingerprint density at radius 1 is 1.10 bits per heavy atom. The minimum atomic E-state index is -0.197. The highest BCUT2D eigenvalue weighted by Gasteiger charge is 1.99. The second kappa shape index (κ2) is 7.45. The van der Waals surface area contributed by atoms with Gasteiger partial charge in [-0.15, -0.1) is 0 Å². The molecule has 0 atom stereocenters. The van der Waals surface area contributed by atoms with Gasteiger partial charge in [0.15, 0.2) is 0 Å². The van der Waals surface area contributed by atoms with Gasteiger partial charge in [-0.05, 0) is 18.2 Å². The Labute approximate surface area is 126 Å². The van der Waals surface area contributed by atoms with Crippen molar-refractivity contribution in [3.63, 3.8) is 0 Å². The molecule has 4 nitrogen and oxygen atoms in total. The molecule has 0 unspecified atom stereocenters. The van der Waals surface area contributed by atoms with Crippen molar-refractivity contribution in [3.8, 4) is 0 Å². The summed E-state index contributed by atoms with van der Waals surface area (Å²) in [6.45, 7) is 0.178. The summed E-state index contributed by atoms with van der Waals surface area (Å²) in [6.07, 6.45) is 1.60. The number of halogens is 1. The molecule has 0 saturated carbocycles. The number of hydrazone groups is 1. The Morgan fingerprint density at radius 3 is 2.55 bits per heavy atom. The van der Waals surface area contributed by atoms with Crippen LogP contribution in [0.2, 0.25) is 0 Å². The van der Waals surface area contributed by atoms with Gasteiger partial charge in [0.25, 0.3) is 5.91 Å². The third-order valence-corrected chi connectivity index (χ3v) is 3.25. The summed E-state index contributed by atoms with van der Waals surface area (Å²) in [5, 5.41) is 6.93. The van der Waals surface area contributed by atoms with Crippen LogP contribution < -0.4 is 10.7 Å². The van der Waals surface area contributed by atoms with Crippen molar-refractivity contribution < 1.29 is 4.79 Å². The first-order valence-electron chi connectivity index (χ1n) is 6.11. The number of hydrogen-bond donors (Lipinski definition) is 2. The number of nitrogens with zero attached hydrogens (tertiary/aromatic N) is 1. The van der Waals surface area contributed by atoms with Gasteiger partial charge in [-0.1, -0.05) is 52.3 Å². The van der Waals surface area contributed by atoms with Crippen molar-refractivity contribution >= 4 is 33.7 Å². The van der Waals surface area contributed by atoms with Crippen LogP contribution in [0.4, 0.5) is 5.69 Å². The monoisotopic (exact) mass is 331 g/mol. The first-order chi connectivity index (χ1) is 9.75. The Kier molecular flexibility index (Phi) is 5.32. The molecule has 0 aromatic heterocycles. The van der Waals surface area contributed by atoms with Gasteiger partial charge in [0.1, 0.15) is 0 Å². The van der Waals surface area contributed by atoms with Crippen molar-refractivity contribution in [1.82, 2.24) is 5.43 Å². The molecule has 20 heavy (non-hydrogen) atoms. The summed E-state index contributed by atoms with van der Waals surface area (Å²) in [4.78, 5) is 11.6. The molecule has 0 aliphatic rings. The van der Waals surface area contributed by atoms with E-state index in [2.05, 4.69) is 31.8 Å². The lowest BCUT2D eigenvalue weighted by Gasteiger charge is -2.04. The third-order valence-electron chi connectivity index (χ3n) is 2.52. The maximum Gasteiger partial charge on any atom is 0.259 e. The molecule has 0 fully saturated rings. The molecule has 2 aromatic carbocycles. The number of carbonyl (C=O) groups excluding carboxylic acids is 1. The van der Waals surface area contributed by atoms with Crippen LogP contribution in [-0.4, -0.2) is 18.7 Å². The summed E-state index contributed by atoms with van der Waals surface area (Å²) in [5.41, 5.74) is 4.28. The first-order valence-corrected chi connectivity index (χ1v) is 6.90. The first kappa shape index (κ1) is 14.3. The molecule has 102 valence electrons. The molecule has 0 spiro atoms. The second-order valence-electron chi connectivity index (χ2n) is 4.03. The predicted molar refractivity (Wildman–Crippen MR) is 84.8 cm³/mol. The van der Waals surface area contributed by atoms with E-state index in [1.807, 2.05) is 54.6 Å². The molecule has 1 amide bonds. The fourth-order valence-corrected chi connectivity index (χ4v) is 1.92. The van der Waals surface area contributed by atoms with E-state index in [1.165, 1.54) is 0 Å². The smallest absolute Gasteiger partial charge is 0.259 e. The molecule has 2 rings (SSSR count). The van der Waals surface area contributed by atoms with Crippen LogP contribution in [0.15, 0.2) is 64.2 Å². The zero-order valence-electron chi connectivity index (χ0n) is 10.7. The summed E-state index contributed by atoms with van der Waals surface area (Å²) in [7, 11) is 0. The van der Waals surface area contributed by atoms with Gasteiger partial charge >= 0.3 is 0 Å². The van der Waals surface area contributed by atoms with E-state index in [-0.39, 0.29) is 12.5 Å². The van der Waals surface area contributed by atoms with Crippen LogP contribution in [0.1, 0.15) is 5.56 Å². The number of hydrogen-bond acceptors (Lipinski definition) is 3. The molecule has 0 saturated heterocycles. The number of carbonyl (C=O) groups is 1. The molecule has 0 bridgehead atoms. The fraction of sp³-hybridized carbons (Fsp3) is 0.0667. The Bertz CT molecular complexity index is 599.